The molecule has 0 saturated carbocycles. The molecule has 1 aromatic carbocycles. The molecule has 1 aliphatic heterocycles. The van der Waals surface area contributed by atoms with Gasteiger partial charge in [-0.3, -0.25) is 0 Å². The third kappa shape index (κ3) is 3.42. The molecule has 0 spiro atoms. The average molecular weight is 298 g/mol. The number of carbonyl (C=O) groups excluding carboxylic acids is 1. The van der Waals surface area contributed by atoms with Crippen LogP contribution in [0.15, 0.2) is 30.9 Å². The van der Waals surface area contributed by atoms with Gasteiger partial charge in [-0.25, -0.2) is 9.18 Å². The van der Waals surface area contributed by atoms with Gasteiger partial charge in [0.15, 0.2) is 0 Å². The summed E-state index contributed by atoms with van der Waals surface area (Å²) in [5.74, 6) is -0.419. The highest BCUT2D eigenvalue weighted by molar-refractivity contribution is 6.31. The van der Waals surface area contributed by atoms with Crippen LogP contribution in [0.5, 0.6) is 0 Å². The van der Waals surface area contributed by atoms with Gasteiger partial charge in [0.2, 0.25) is 0 Å². The van der Waals surface area contributed by atoms with Gasteiger partial charge in [0.25, 0.3) is 0 Å². The minimum Gasteiger partial charge on any atom is -0.368 e. The van der Waals surface area contributed by atoms with Crippen LogP contribution in [0.3, 0.4) is 0 Å². The van der Waals surface area contributed by atoms with Gasteiger partial charge in [0, 0.05) is 38.4 Å². The predicted molar refractivity (Wildman–Crippen MR) is 78.8 cm³/mol. The Hall–Kier alpha value is -1.75. The van der Waals surface area contributed by atoms with Crippen LogP contribution in [0.1, 0.15) is 0 Å². The van der Waals surface area contributed by atoms with Crippen molar-refractivity contribution in [2.45, 2.75) is 0 Å². The molecule has 0 atom stereocenters. The Morgan fingerprint density at radius 3 is 2.70 bits per heavy atom. The lowest BCUT2D eigenvalue weighted by Gasteiger charge is -2.36. The van der Waals surface area contributed by atoms with Crippen molar-refractivity contribution in [1.29, 1.82) is 0 Å². The van der Waals surface area contributed by atoms with E-state index in [2.05, 4.69) is 16.8 Å². The van der Waals surface area contributed by atoms with Crippen LogP contribution < -0.4 is 10.2 Å². The molecule has 1 heterocycles. The first-order valence-corrected chi connectivity index (χ1v) is 6.83. The van der Waals surface area contributed by atoms with E-state index in [-0.39, 0.29) is 11.1 Å². The van der Waals surface area contributed by atoms with Gasteiger partial charge >= 0.3 is 6.03 Å². The summed E-state index contributed by atoms with van der Waals surface area (Å²) in [6.07, 6.45) is 1.65. The molecule has 4 nitrogen and oxygen atoms in total. The minimum atomic E-state index is -0.419. The molecule has 2 rings (SSSR count). The average Bonchev–Trinajstić information content (AvgIpc) is 2.48. The summed E-state index contributed by atoms with van der Waals surface area (Å²) in [7, 11) is 0. The van der Waals surface area contributed by atoms with Crippen molar-refractivity contribution in [1.82, 2.24) is 10.2 Å². The molecule has 20 heavy (non-hydrogen) atoms. The van der Waals surface area contributed by atoms with Crippen LogP contribution in [0.2, 0.25) is 5.02 Å². The van der Waals surface area contributed by atoms with Crippen molar-refractivity contribution >= 4 is 23.3 Å². The number of carbonyl (C=O) groups is 1. The second-order valence-electron chi connectivity index (χ2n) is 4.55. The Bertz CT molecular complexity index is 501. The standard InChI is InChI=1S/C14H17ClFN3O/c1-2-5-17-14(20)19-8-6-18(7-9-19)11-3-4-13(16)12(15)10-11/h2-4,10H,1,5-9H2,(H,17,20). The smallest absolute Gasteiger partial charge is 0.317 e. The number of benzene rings is 1. The van der Waals surface area contributed by atoms with Crippen molar-refractivity contribution in [3.8, 4) is 0 Å². The summed E-state index contributed by atoms with van der Waals surface area (Å²) < 4.78 is 13.1. The first-order valence-electron chi connectivity index (χ1n) is 6.45. The van der Waals surface area contributed by atoms with Crippen LogP contribution in [0.4, 0.5) is 14.9 Å². The second-order valence-corrected chi connectivity index (χ2v) is 4.95. The minimum absolute atomic E-state index is 0.0818. The van der Waals surface area contributed by atoms with E-state index in [1.807, 2.05) is 0 Å². The number of rotatable bonds is 3. The van der Waals surface area contributed by atoms with Crippen LogP contribution in [0, 0.1) is 5.82 Å². The number of nitrogens with one attached hydrogen (secondary N) is 1. The number of nitrogens with zero attached hydrogens (tertiary/aromatic N) is 2. The lowest BCUT2D eigenvalue weighted by molar-refractivity contribution is 0.195. The number of anilines is 1. The molecular formula is C14H17ClFN3O. The Morgan fingerprint density at radius 1 is 1.40 bits per heavy atom. The van der Waals surface area contributed by atoms with Crippen molar-refractivity contribution in [3.63, 3.8) is 0 Å². The number of hydrogen-bond acceptors (Lipinski definition) is 2. The molecule has 0 aromatic heterocycles. The van der Waals surface area contributed by atoms with E-state index in [4.69, 9.17) is 11.6 Å². The topological polar surface area (TPSA) is 35.6 Å². The summed E-state index contributed by atoms with van der Waals surface area (Å²) in [4.78, 5) is 15.6. The molecule has 0 unspecified atom stereocenters. The Labute approximate surface area is 122 Å². The van der Waals surface area contributed by atoms with Crippen LogP contribution in [-0.4, -0.2) is 43.7 Å². The zero-order valence-electron chi connectivity index (χ0n) is 11.1. The molecule has 108 valence electrons. The van der Waals surface area contributed by atoms with Crippen LogP contribution in [-0.2, 0) is 0 Å². The lowest BCUT2D eigenvalue weighted by Crippen LogP contribution is -2.51. The van der Waals surface area contributed by atoms with Gasteiger partial charge in [-0.2, -0.15) is 0 Å². The van der Waals surface area contributed by atoms with Crippen molar-refractivity contribution < 1.29 is 9.18 Å². The highest BCUT2D eigenvalue weighted by Crippen LogP contribution is 2.23. The fourth-order valence-electron chi connectivity index (χ4n) is 2.12. The molecule has 0 radical (unpaired) electrons. The zero-order valence-corrected chi connectivity index (χ0v) is 11.9. The SMILES string of the molecule is C=CCNC(=O)N1CCN(c2ccc(F)c(Cl)c2)CC1. The number of amides is 2. The number of piperazine rings is 1. The molecule has 1 fully saturated rings. The van der Waals surface area contributed by atoms with Gasteiger partial charge < -0.3 is 15.1 Å². The maximum absolute atomic E-state index is 13.1. The van der Waals surface area contributed by atoms with E-state index in [0.717, 1.165) is 5.69 Å². The molecule has 1 N–H and O–H groups in total. The fraction of sp³-hybridized carbons (Fsp3) is 0.357. The molecule has 1 aliphatic rings. The van der Waals surface area contributed by atoms with Gasteiger partial charge in [0.1, 0.15) is 5.82 Å². The first kappa shape index (κ1) is 14.7. The van der Waals surface area contributed by atoms with Gasteiger partial charge in [-0.15, -0.1) is 6.58 Å². The highest BCUT2D eigenvalue weighted by Gasteiger charge is 2.21. The van der Waals surface area contributed by atoms with E-state index in [1.165, 1.54) is 6.07 Å². The largest absolute Gasteiger partial charge is 0.368 e. The fourth-order valence-corrected chi connectivity index (χ4v) is 2.30. The summed E-state index contributed by atoms with van der Waals surface area (Å²) in [6, 6.07) is 4.60. The Balaban J connectivity index is 1.92. The van der Waals surface area contributed by atoms with E-state index in [9.17, 15) is 9.18 Å². The maximum Gasteiger partial charge on any atom is 0.317 e. The van der Waals surface area contributed by atoms with Crippen molar-refractivity contribution in [2.24, 2.45) is 0 Å². The molecule has 1 aromatic rings. The third-order valence-corrected chi connectivity index (χ3v) is 3.52. The Morgan fingerprint density at radius 2 is 2.10 bits per heavy atom. The van der Waals surface area contributed by atoms with Gasteiger partial charge in [0.05, 0.1) is 5.02 Å². The zero-order chi connectivity index (χ0) is 14.5. The highest BCUT2D eigenvalue weighted by atomic mass is 35.5. The number of urea groups is 1. The number of hydrogen-bond donors (Lipinski definition) is 1. The van der Waals surface area contributed by atoms with Gasteiger partial charge in [-0.1, -0.05) is 17.7 Å². The van der Waals surface area contributed by atoms with E-state index in [0.29, 0.717) is 32.7 Å². The van der Waals surface area contributed by atoms with E-state index in [1.54, 1.807) is 23.1 Å². The molecule has 0 bridgehead atoms. The third-order valence-electron chi connectivity index (χ3n) is 3.23. The first-order chi connectivity index (χ1) is 9.61. The molecule has 6 heteroatoms. The quantitative estimate of drug-likeness (QED) is 0.870. The molecule has 1 saturated heterocycles. The van der Waals surface area contributed by atoms with E-state index < -0.39 is 5.82 Å². The van der Waals surface area contributed by atoms with Crippen LogP contribution in [0.25, 0.3) is 0 Å². The monoisotopic (exact) mass is 297 g/mol. The Kier molecular flexibility index (Phi) is 4.84. The van der Waals surface area contributed by atoms with Crippen molar-refractivity contribution in [3.05, 3.63) is 41.7 Å². The maximum atomic E-state index is 13.1. The van der Waals surface area contributed by atoms with Crippen LogP contribution >= 0.6 is 11.6 Å². The summed E-state index contributed by atoms with van der Waals surface area (Å²) in [5.41, 5.74) is 0.877. The van der Waals surface area contributed by atoms with Crippen molar-refractivity contribution in [2.75, 3.05) is 37.6 Å². The second kappa shape index (κ2) is 6.61. The summed E-state index contributed by atoms with van der Waals surface area (Å²) in [5, 5.41) is 2.87. The predicted octanol–water partition coefficient (Wildman–Crippen LogP) is 2.50. The molecule has 0 aliphatic carbocycles. The summed E-state index contributed by atoms with van der Waals surface area (Å²) >= 11 is 5.78. The molecule has 2 amide bonds. The summed E-state index contributed by atoms with van der Waals surface area (Å²) in [6.45, 7) is 6.67. The van der Waals surface area contributed by atoms with Gasteiger partial charge in [-0.05, 0) is 18.2 Å². The number of halogens is 2. The lowest BCUT2D eigenvalue weighted by atomic mass is 10.2. The normalized spacial score (nSPS) is 15.1. The molecular weight excluding hydrogens is 281 g/mol. The van der Waals surface area contributed by atoms with E-state index >= 15 is 0 Å².